The number of aryl methyl sites for hydroxylation is 1. The summed E-state index contributed by atoms with van der Waals surface area (Å²) in [5.41, 5.74) is 7.26. The quantitative estimate of drug-likeness (QED) is 0.892. The summed E-state index contributed by atoms with van der Waals surface area (Å²) in [7, 11) is 0. The van der Waals surface area contributed by atoms with Gasteiger partial charge in [-0.1, -0.05) is 19.1 Å². The van der Waals surface area contributed by atoms with E-state index in [1.807, 2.05) is 36.4 Å². The predicted octanol–water partition coefficient (Wildman–Crippen LogP) is 3.43. The van der Waals surface area contributed by atoms with Crippen LogP contribution in [0.3, 0.4) is 0 Å². The van der Waals surface area contributed by atoms with Crippen molar-refractivity contribution in [2.24, 2.45) is 5.73 Å². The third kappa shape index (κ3) is 2.82. The summed E-state index contributed by atoms with van der Waals surface area (Å²) in [5, 5.41) is 0. The van der Waals surface area contributed by atoms with Crippen LogP contribution in [0.15, 0.2) is 40.8 Å². The van der Waals surface area contributed by atoms with Crippen LogP contribution in [-0.2, 0) is 6.42 Å². The summed E-state index contributed by atoms with van der Waals surface area (Å²) in [6.45, 7) is 2.07. The van der Waals surface area contributed by atoms with E-state index < -0.39 is 0 Å². The molecular formula is C16H19NO2. The fourth-order valence-corrected chi connectivity index (χ4v) is 2.05. The molecule has 1 fully saturated rings. The van der Waals surface area contributed by atoms with Crippen molar-refractivity contribution in [3.05, 3.63) is 53.5 Å². The molecule has 1 aromatic heterocycles. The zero-order chi connectivity index (χ0) is 13.2. The second kappa shape index (κ2) is 5.10. The molecule has 1 atom stereocenters. The molecule has 0 spiro atoms. The van der Waals surface area contributed by atoms with Crippen molar-refractivity contribution < 1.29 is 9.15 Å². The summed E-state index contributed by atoms with van der Waals surface area (Å²) >= 11 is 0. The fourth-order valence-electron chi connectivity index (χ4n) is 2.05. The number of rotatable bonds is 5. The Labute approximate surface area is 113 Å². The molecule has 0 bridgehead atoms. The molecule has 1 aliphatic carbocycles. The molecule has 19 heavy (non-hydrogen) atoms. The molecule has 3 rings (SSSR count). The molecule has 1 aliphatic rings. The van der Waals surface area contributed by atoms with E-state index in [2.05, 4.69) is 6.92 Å². The molecule has 1 saturated carbocycles. The van der Waals surface area contributed by atoms with Gasteiger partial charge in [0.15, 0.2) is 0 Å². The summed E-state index contributed by atoms with van der Waals surface area (Å²) in [6, 6.07) is 11.7. The van der Waals surface area contributed by atoms with Gasteiger partial charge in [-0.15, -0.1) is 0 Å². The van der Waals surface area contributed by atoms with Gasteiger partial charge in [-0.3, -0.25) is 0 Å². The lowest BCUT2D eigenvalue weighted by Crippen LogP contribution is -2.10. The first kappa shape index (κ1) is 12.3. The van der Waals surface area contributed by atoms with E-state index in [9.17, 15) is 0 Å². The molecule has 3 heteroatoms. The zero-order valence-electron chi connectivity index (χ0n) is 11.1. The third-order valence-corrected chi connectivity index (χ3v) is 3.40. The maximum atomic E-state index is 6.21. The summed E-state index contributed by atoms with van der Waals surface area (Å²) in [4.78, 5) is 0. The number of hydrogen-bond acceptors (Lipinski definition) is 3. The van der Waals surface area contributed by atoms with Gasteiger partial charge in [0.25, 0.3) is 0 Å². The van der Waals surface area contributed by atoms with Crippen molar-refractivity contribution in [3.8, 4) is 5.75 Å². The largest absolute Gasteiger partial charge is 0.490 e. The monoisotopic (exact) mass is 257 g/mol. The van der Waals surface area contributed by atoms with Crippen LogP contribution < -0.4 is 10.5 Å². The van der Waals surface area contributed by atoms with Gasteiger partial charge in [0.1, 0.15) is 17.3 Å². The van der Waals surface area contributed by atoms with Crippen LogP contribution in [0, 0.1) is 0 Å². The van der Waals surface area contributed by atoms with Gasteiger partial charge in [-0.25, -0.2) is 0 Å². The smallest absolute Gasteiger partial charge is 0.125 e. The molecule has 100 valence electrons. The first-order valence-corrected chi connectivity index (χ1v) is 6.87. The second-order valence-corrected chi connectivity index (χ2v) is 5.02. The van der Waals surface area contributed by atoms with E-state index in [1.165, 1.54) is 12.8 Å². The van der Waals surface area contributed by atoms with E-state index in [4.69, 9.17) is 14.9 Å². The van der Waals surface area contributed by atoms with Gasteiger partial charge in [0, 0.05) is 6.42 Å². The third-order valence-electron chi connectivity index (χ3n) is 3.40. The Kier molecular flexibility index (Phi) is 3.30. The van der Waals surface area contributed by atoms with Crippen molar-refractivity contribution in [3.63, 3.8) is 0 Å². The lowest BCUT2D eigenvalue weighted by molar-refractivity contribution is 0.303. The lowest BCUT2D eigenvalue weighted by atomic mass is 10.1. The Morgan fingerprint density at radius 3 is 2.53 bits per heavy atom. The van der Waals surface area contributed by atoms with Crippen LogP contribution >= 0.6 is 0 Å². The van der Waals surface area contributed by atoms with Crippen LogP contribution in [0.5, 0.6) is 5.75 Å². The Morgan fingerprint density at radius 2 is 1.95 bits per heavy atom. The highest BCUT2D eigenvalue weighted by molar-refractivity contribution is 5.33. The number of nitrogens with two attached hydrogens (primary N) is 1. The molecule has 0 aliphatic heterocycles. The topological polar surface area (TPSA) is 48.4 Å². The minimum absolute atomic E-state index is 0.213. The fraction of sp³-hybridized carbons (Fsp3) is 0.375. The average molecular weight is 257 g/mol. The van der Waals surface area contributed by atoms with Crippen molar-refractivity contribution >= 4 is 0 Å². The maximum absolute atomic E-state index is 6.21. The maximum Gasteiger partial charge on any atom is 0.125 e. The molecule has 2 N–H and O–H groups in total. The Hall–Kier alpha value is -1.74. The van der Waals surface area contributed by atoms with Gasteiger partial charge in [0.2, 0.25) is 0 Å². The number of furan rings is 1. The van der Waals surface area contributed by atoms with Gasteiger partial charge in [-0.05, 0) is 42.7 Å². The number of ether oxygens (including phenoxy) is 1. The van der Waals surface area contributed by atoms with Crippen LogP contribution in [0.25, 0.3) is 0 Å². The van der Waals surface area contributed by atoms with E-state index in [0.717, 1.165) is 29.3 Å². The van der Waals surface area contributed by atoms with Crippen LogP contribution in [-0.4, -0.2) is 6.10 Å². The number of benzene rings is 1. The first-order valence-electron chi connectivity index (χ1n) is 6.87. The second-order valence-electron chi connectivity index (χ2n) is 5.02. The Morgan fingerprint density at radius 1 is 1.21 bits per heavy atom. The standard InChI is InChI=1S/C16H19NO2/c1-2-12-9-10-15(19-12)16(17)11-3-5-13(6-4-11)18-14-7-8-14/h3-6,9-10,14,16H,2,7-8,17H2,1H3. The highest BCUT2D eigenvalue weighted by Gasteiger charge is 2.23. The Bertz CT molecular complexity index is 540. The van der Waals surface area contributed by atoms with Gasteiger partial charge in [0.05, 0.1) is 12.1 Å². The van der Waals surface area contributed by atoms with Crippen molar-refractivity contribution in [2.45, 2.75) is 38.3 Å². The first-order chi connectivity index (χ1) is 9.26. The SMILES string of the molecule is CCc1ccc(C(N)c2ccc(OC3CC3)cc2)o1. The minimum Gasteiger partial charge on any atom is -0.490 e. The molecule has 0 radical (unpaired) electrons. The van der Waals surface area contributed by atoms with Crippen LogP contribution in [0.4, 0.5) is 0 Å². The summed E-state index contributed by atoms with van der Waals surface area (Å²) in [6.07, 6.45) is 3.67. The minimum atomic E-state index is -0.213. The molecule has 1 unspecified atom stereocenters. The number of hydrogen-bond donors (Lipinski definition) is 1. The van der Waals surface area contributed by atoms with Gasteiger partial charge >= 0.3 is 0 Å². The molecule has 3 nitrogen and oxygen atoms in total. The highest BCUT2D eigenvalue weighted by atomic mass is 16.5. The molecule has 0 amide bonds. The molecule has 0 saturated heterocycles. The predicted molar refractivity (Wildman–Crippen MR) is 74.2 cm³/mol. The van der Waals surface area contributed by atoms with Crippen molar-refractivity contribution in [1.29, 1.82) is 0 Å². The van der Waals surface area contributed by atoms with E-state index in [0.29, 0.717) is 6.10 Å². The normalized spacial score (nSPS) is 16.3. The molecule has 1 heterocycles. The van der Waals surface area contributed by atoms with Gasteiger partial charge in [-0.2, -0.15) is 0 Å². The van der Waals surface area contributed by atoms with Crippen LogP contribution in [0.1, 0.15) is 42.9 Å². The zero-order valence-corrected chi connectivity index (χ0v) is 11.1. The lowest BCUT2D eigenvalue weighted by Gasteiger charge is -2.10. The van der Waals surface area contributed by atoms with Crippen molar-refractivity contribution in [2.75, 3.05) is 0 Å². The van der Waals surface area contributed by atoms with Crippen LogP contribution in [0.2, 0.25) is 0 Å². The van der Waals surface area contributed by atoms with E-state index in [-0.39, 0.29) is 6.04 Å². The van der Waals surface area contributed by atoms with Gasteiger partial charge < -0.3 is 14.9 Å². The van der Waals surface area contributed by atoms with E-state index in [1.54, 1.807) is 0 Å². The molecule has 1 aromatic carbocycles. The van der Waals surface area contributed by atoms with E-state index >= 15 is 0 Å². The Balaban J connectivity index is 1.73. The average Bonchev–Trinajstić information content (AvgIpc) is 3.12. The summed E-state index contributed by atoms with van der Waals surface area (Å²) < 4.78 is 11.4. The molecule has 2 aromatic rings. The van der Waals surface area contributed by atoms with Crippen molar-refractivity contribution in [1.82, 2.24) is 0 Å². The summed E-state index contributed by atoms with van der Waals surface area (Å²) in [5.74, 6) is 2.71. The highest BCUT2D eigenvalue weighted by Crippen LogP contribution is 2.28. The molecular weight excluding hydrogens is 238 g/mol.